The van der Waals surface area contributed by atoms with Gasteiger partial charge in [0, 0.05) is 18.4 Å². The summed E-state index contributed by atoms with van der Waals surface area (Å²) in [5.74, 6) is -0.941. The maximum atomic E-state index is 12.3. The number of phenols is 1. The van der Waals surface area contributed by atoms with Gasteiger partial charge >= 0.3 is 0 Å². The van der Waals surface area contributed by atoms with Gasteiger partial charge in [0.2, 0.25) is 11.8 Å². The topological polar surface area (TPSA) is 125 Å². The molecule has 8 nitrogen and oxygen atoms in total. The Morgan fingerprint density at radius 3 is 2.32 bits per heavy atom. The number of azo groups is 1. The minimum absolute atomic E-state index is 0.0152. The molecule has 2 amide bonds. The third-order valence-corrected chi connectivity index (χ3v) is 4.39. The Bertz CT molecular complexity index is 922. The van der Waals surface area contributed by atoms with Crippen LogP contribution in [-0.2, 0) is 16.0 Å². The van der Waals surface area contributed by atoms with E-state index in [1.807, 2.05) is 6.07 Å². The van der Waals surface area contributed by atoms with Crippen LogP contribution in [0.1, 0.15) is 28.8 Å². The SMILES string of the molecule is NCCc1ccc(N=Nc2ccc(C(=O)CN3C(=O)CCC3=O)cc2)c(O)c1. The van der Waals surface area contributed by atoms with E-state index in [2.05, 4.69) is 10.2 Å². The fourth-order valence-corrected chi connectivity index (χ4v) is 2.84. The second kappa shape index (κ2) is 8.53. The van der Waals surface area contributed by atoms with Crippen molar-refractivity contribution in [3.05, 3.63) is 53.6 Å². The second-order valence-electron chi connectivity index (χ2n) is 6.41. The number of imide groups is 1. The van der Waals surface area contributed by atoms with Gasteiger partial charge in [-0.2, -0.15) is 5.11 Å². The molecule has 1 heterocycles. The average Bonchev–Trinajstić information content (AvgIpc) is 3.00. The number of benzene rings is 2. The predicted molar refractivity (Wildman–Crippen MR) is 102 cm³/mol. The molecule has 1 fully saturated rings. The van der Waals surface area contributed by atoms with E-state index in [0.717, 1.165) is 10.5 Å². The first-order valence-electron chi connectivity index (χ1n) is 8.88. The van der Waals surface area contributed by atoms with Gasteiger partial charge in [0.15, 0.2) is 5.78 Å². The van der Waals surface area contributed by atoms with Crippen molar-refractivity contribution in [3.8, 4) is 5.75 Å². The second-order valence-corrected chi connectivity index (χ2v) is 6.41. The zero-order valence-electron chi connectivity index (χ0n) is 15.2. The number of carbonyl (C=O) groups is 3. The number of hydrogen-bond acceptors (Lipinski definition) is 7. The van der Waals surface area contributed by atoms with E-state index in [1.54, 1.807) is 36.4 Å². The van der Waals surface area contributed by atoms with Gasteiger partial charge in [-0.3, -0.25) is 19.3 Å². The van der Waals surface area contributed by atoms with E-state index >= 15 is 0 Å². The number of nitrogens with zero attached hydrogens (tertiary/aromatic N) is 3. The lowest BCUT2D eigenvalue weighted by Gasteiger charge is -2.12. The number of Topliss-reactive ketones (excluding diaryl/α,β-unsaturated/α-hetero) is 1. The van der Waals surface area contributed by atoms with Crippen LogP contribution in [0.4, 0.5) is 11.4 Å². The predicted octanol–water partition coefficient (Wildman–Crippen LogP) is 2.64. The molecular formula is C20H20N4O4. The first-order chi connectivity index (χ1) is 13.5. The van der Waals surface area contributed by atoms with E-state index in [0.29, 0.717) is 29.9 Å². The highest BCUT2D eigenvalue weighted by Crippen LogP contribution is 2.29. The van der Waals surface area contributed by atoms with E-state index in [-0.39, 0.29) is 42.7 Å². The zero-order chi connectivity index (χ0) is 20.1. The number of rotatable bonds is 7. The summed E-state index contributed by atoms with van der Waals surface area (Å²) >= 11 is 0. The van der Waals surface area contributed by atoms with E-state index < -0.39 is 0 Å². The van der Waals surface area contributed by atoms with E-state index in [1.165, 1.54) is 0 Å². The summed E-state index contributed by atoms with van der Waals surface area (Å²) in [4.78, 5) is 36.5. The van der Waals surface area contributed by atoms with Gasteiger partial charge in [-0.15, -0.1) is 5.11 Å². The first-order valence-corrected chi connectivity index (χ1v) is 8.88. The van der Waals surface area contributed by atoms with Crippen LogP contribution in [0.5, 0.6) is 5.75 Å². The number of amides is 2. The van der Waals surface area contributed by atoms with Gasteiger partial charge in [-0.25, -0.2) is 0 Å². The summed E-state index contributed by atoms with van der Waals surface area (Å²) in [5, 5.41) is 18.1. The van der Waals surface area contributed by atoms with Gasteiger partial charge < -0.3 is 10.8 Å². The molecule has 0 atom stereocenters. The third kappa shape index (κ3) is 4.47. The molecule has 2 aromatic rings. The Morgan fingerprint density at radius 2 is 1.71 bits per heavy atom. The highest BCUT2D eigenvalue weighted by molar-refractivity contribution is 6.07. The van der Waals surface area contributed by atoms with Gasteiger partial charge in [0.05, 0.1) is 12.2 Å². The largest absolute Gasteiger partial charge is 0.506 e. The van der Waals surface area contributed by atoms with Crippen molar-refractivity contribution in [2.24, 2.45) is 16.0 Å². The average molecular weight is 380 g/mol. The molecular weight excluding hydrogens is 360 g/mol. The molecule has 3 N–H and O–H groups in total. The molecule has 28 heavy (non-hydrogen) atoms. The summed E-state index contributed by atoms with van der Waals surface area (Å²) in [6.45, 7) is 0.243. The minimum Gasteiger partial charge on any atom is -0.506 e. The van der Waals surface area contributed by atoms with Crippen LogP contribution in [0.3, 0.4) is 0 Å². The monoisotopic (exact) mass is 380 g/mol. The molecule has 0 unspecified atom stereocenters. The maximum Gasteiger partial charge on any atom is 0.230 e. The molecule has 1 aliphatic rings. The Labute approximate surface area is 161 Å². The Kier molecular flexibility index (Phi) is 5.90. The van der Waals surface area contributed by atoms with Crippen LogP contribution in [0.2, 0.25) is 0 Å². The summed E-state index contributed by atoms with van der Waals surface area (Å²) in [6, 6.07) is 11.4. The van der Waals surface area contributed by atoms with Gasteiger partial charge in [-0.1, -0.05) is 6.07 Å². The van der Waals surface area contributed by atoms with Gasteiger partial charge in [0.25, 0.3) is 0 Å². The molecule has 0 bridgehead atoms. The first kappa shape index (κ1) is 19.4. The van der Waals surface area contributed by atoms with Crippen molar-refractivity contribution in [1.29, 1.82) is 0 Å². The van der Waals surface area contributed by atoms with Crippen molar-refractivity contribution >= 4 is 29.0 Å². The summed E-state index contributed by atoms with van der Waals surface area (Å²) in [5.41, 5.74) is 7.60. The molecule has 1 aliphatic heterocycles. The molecule has 8 heteroatoms. The fraction of sp³-hybridized carbons (Fsp3) is 0.250. The number of ketones is 1. The molecule has 2 aromatic carbocycles. The minimum atomic E-state index is -0.319. The Hall–Kier alpha value is -3.39. The van der Waals surface area contributed by atoms with Crippen LogP contribution in [-0.4, -0.2) is 40.7 Å². The quantitative estimate of drug-likeness (QED) is 0.434. The van der Waals surface area contributed by atoms with Crippen LogP contribution in [0.15, 0.2) is 52.7 Å². The lowest BCUT2D eigenvalue weighted by atomic mass is 10.1. The summed E-state index contributed by atoms with van der Waals surface area (Å²) in [7, 11) is 0. The zero-order valence-corrected chi connectivity index (χ0v) is 15.2. The number of hydrogen-bond donors (Lipinski definition) is 2. The lowest BCUT2D eigenvalue weighted by Crippen LogP contribution is -2.34. The number of nitrogens with two attached hydrogens (primary N) is 1. The Balaban J connectivity index is 1.65. The summed E-state index contributed by atoms with van der Waals surface area (Å²) in [6.07, 6.45) is 0.978. The fourth-order valence-electron chi connectivity index (χ4n) is 2.84. The highest BCUT2D eigenvalue weighted by atomic mass is 16.3. The standard InChI is InChI=1S/C20H20N4O4/c21-10-9-13-1-6-16(17(25)11-13)23-22-15-4-2-14(3-5-15)18(26)12-24-19(27)7-8-20(24)28/h1-6,11,25H,7-10,12,21H2. The molecule has 3 rings (SSSR count). The van der Waals surface area contributed by atoms with Crippen molar-refractivity contribution in [2.45, 2.75) is 19.3 Å². The van der Waals surface area contributed by atoms with Crippen molar-refractivity contribution in [1.82, 2.24) is 4.90 Å². The third-order valence-electron chi connectivity index (χ3n) is 4.39. The highest BCUT2D eigenvalue weighted by Gasteiger charge is 2.30. The molecule has 144 valence electrons. The number of carbonyl (C=O) groups excluding carboxylic acids is 3. The molecule has 0 saturated carbocycles. The van der Waals surface area contributed by atoms with E-state index in [4.69, 9.17) is 5.73 Å². The summed E-state index contributed by atoms with van der Waals surface area (Å²) < 4.78 is 0. The number of likely N-dealkylation sites (tertiary alicyclic amines) is 1. The van der Waals surface area contributed by atoms with Crippen LogP contribution < -0.4 is 5.73 Å². The maximum absolute atomic E-state index is 12.3. The Morgan fingerprint density at radius 1 is 1.04 bits per heavy atom. The van der Waals surface area contributed by atoms with Gasteiger partial charge in [0.1, 0.15) is 11.4 Å². The van der Waals surface area contributed by atoms with Crippen molar-refractivity contribution in [2.75, 3.05) is 13.1 Å². The van der Waals surface area contributed by atoms with Crippen LogP contribution in [0.25, 0.3) is 0 Å². The van der Waals surface area contributed by atoms with Crippen LogP contribution in [0, 0.1) is 0 Å². The molecule has 1 saturated heterocycles. The van der Waals surface area contributed by atoms with Crippen LogP contribution >= 0.6 is 0 Å². The van der Waals surface area contributed by atoms with Crippen molar-refractivity contribution < 1.29 is 19.5 Å². The van der Waals surface area contributed by atoms with E-state index in [9.17, 15) is 19.5 Å². The molecule has 0 aromatic heterocycles. The smallest absolute Gasteiger partial charge is 0.230 e. The molecule has 0 aliphatic carbocycles. The molecule has 0 radical (unpaired) electrons. The van der Waals surface area contributed by atoms with Gasteiger partial charge in [-0.05, 0) is 54.9 Å². The number of phenolic OH excluding ortho intramolecular Hbond substituents is 1. The lowest BCUT2D eigenvalue weighted by molar-refractivity contribution is -0.137. The normalized spacial score (nSPS) is 14.2. The number of aromatic hydroxyl groups is 1. The molecule has 0 spiro atoms. The van der Waals surface area contributed by atoms with Crippen molar-refractivity contribution in [3.63, 3.8) is 0 Å².